The van der Waals surface area contributed by atoms with E-state index in [2.05, 4.69) is 84.7 Å². The highest BCUT2D eigenvalue weighted by Gasteiger charge is 2.19. The standard InChI is InChI=1S/C21H18N2S/c1-16-7-5-6-10-20(16)23-15-24-21(22-23)19-13-11-18(12-14-19)17-8-3-2-4-9-17/h2-14H,15H2,1H3. The van der Waals surface area contributed by atoms with E-state index in [0.717, 1.165) is 10.9 Å². The molecule has 0 bridgehead atoms. The Morgan fingerprint density at radius 1 is 0.750 bits per heavy atom. The van der Waals surface area contributed by atoms with Gasteiger partial charge >= 0.3 is 0 Å². The fraction of sp³-hybridized carbons (Fsp3) is 0.0952. The normalized spacial score (nSPS) is 13.9. The van der Waals surface area contributed by atoms with Crippen LogP contribution in [0.4, 0.5) is 5.69 Å². The topological polar surface area (TPSA) is 15.6 Å². The largest absolute Gasteiger partial charge is 0.254 e. The van der Waals surface area contributed by atoms with Crippen LogP contribution in [0.2, 0.25) is 0 Å². The van der Waals surface area contributed by atoms with Crippen LogP contribution in [0.1, 0.15) is 11.1 Å². The van der Waals surface area contributed by atoms with Crippen LogP contribution in [0.25, 0.3) is 11.1 Å². The summed E-state index contributed by atoms with van der Waals surface area (Å²) in [5, 5.41) is 7.97. The lowest BCUT2D eigenvalue weighted by molar-refractivity contribution is 1.00. The Morgan fingerprint density at radius 3 is 2.12 bits per heavy atom. The fourth-order valence-corrected chi connectivity index (χ4v) is 3.74. The highest BCUT2D eigenvalue weighted by Crippen LogP contribution is 2.30. The Balaban J connectivity index is 1.59. The number of aryl methyl sites for hydroxylation is 1. The molecule has 0 amide bonds. The van der Waals surface area contributed by atoms with Gasteiger partial charge < -0.3 is 0 Å². The summed E-state index contributed by atoms with van der Waals surface area (Å²) < 4.78 is 0. The summed E-state index contributed by atoms with van der Waals surface area (Å²) in [6.45, 7) is 2.13. The van der Waals surface area contributed by atoms with Crippen LogP contribution in [-0.4, -0.2) is 10.9 Å². The maximum Gasteiger partial charge on any atom is 0.126 e. The number of thioether (sulfide) groups is 1. The van der Waals surface area contributed by atoms with E-state index < -0.39 is 0 Å². The van der Waals surface area contributed by atoms with Crippen molar-refractivity contribution in [3.63, 3.8) is 0 Å². The summed E-state index contributed by atoms with van der Waals surface area (Å²) >= 11 is 1.78. The number of rotatable bonds is 3. The van der Waals surface area contributed by atoms with Gasteiger partial charge in [0.05, 0.1) is 11.6 Å². The molecule has 4 rings (SSSR count). The first kappa shape index (κ1) is 15.0. The molecule has 0 saturated heterocycles. The molecular formula is C21H18N2S. The smallest absolute Gasteiger partial charge is 0.126 e. The first-order valence-corrected chi connectivity index (χ1v) is 9.00. The molecule has 3 aromatic carbocycles. The molecule has 0 N–H and O–H groups in total. The monoisotopic (exact) mass is 330 g/mol. The predicted molar refractivity (Wildman–Crippen MR) is 105 cm³/mol. The summed E-state index contributed by atoms with van der Waals surface area (Å²) in [5.74, 6) is 0.862. The molecule has 0 unspecified atom stereocenters. The molecule has 0 atom stereocenters. The Morgan fingerprint density at radius 2 is 1.38 bits per heavy atom. The van der Waals surface area contributed by atoms with Crippen molar-refractivity contribution in [2.75, 3.05) is 10.9 Å². The Hall–Kier alpha value is -2.52. The Labute approximate surface area is 146 Å². The molecule has 1 heterocycles. The van der Waals surface area contributed by atoms with Gasteiger partial charge in [-0.3, -0.25) is 5.01 Å². The molecule has 1 aliphatic rings. The van der Waals surface area contributed by atoms with Crippen molar-refractivity contribution >= 4 is 22.5 Å². The van der Waals surface area contributed by atoms with Gasteiger partial charge in [-0.15, -0.1) is 0 Å². The molecule has 2 nitrogen and oxygen atoms in total. The van der Waals surface area contributed by atoms with Gasteiger partial charge in [0.1, 0.15) is 5.04 Å². The molecule has 0 saturated carbocycles. The molecule has 3 heteroatoms. The zero-order valence-electron chi connectivity index (χ0n) is 13.5. The summed E-state index contributed by atoms with van der Waals surface area (Å²) in [5.41, 5.74) is 6.09. The second-order valence-electron chi connectivity index (χ2n) is 5.81. The van der Waals surface area contributed by atoms with Crippen molar-refractivity contribution in [2.24, 2.45) is 5.10 Å². The summed E-state index contributed by atoms with van der Waals surface area (Å²) in [7, 11) is 0. The molecule has 0 spiro atoms. The minimum Gasteiger partial charge on any atom is -0.254 e. The van der Waals surface area contributed by atoms with E-state index in [1.165, 1.54) is 27.9 Å². The Bertz CT molecular complexity index is 870. The number of para-hydroxylation sites is 1. The third-order valence-electron chi connectivity index (χ3n) is 4.17. The quantitative estimate of drug-likeness (QED) is 0.627. The van der Waals surface area contributed by atoms with Crippen LogP contribution >= 0.6 is 11.8 Å². The summed E-state index contributed by atoms with van der Waals surface area (Å²) in [6, 6.07) is 27.5. The van der Waals surface area contributed by atoms with Gasteiger partial charge in [-0.25, -0.2) is 0 Å². The number of hydrogen-bond donors (Lipinski definition) is 0. The van der Waals surface area contributed by atoms with E-state index in [1.54, 1.807) is 11.8 Å². The molecule has 1 aliphatic heterocycles. The number of anilines is 1. The van der Waals surface area contributed by atoms with E-state index >= 15 is 0 Å². The molecule has 118 valence electrons. The molecule has 3 aromatic rings. The van der Waals surface area contributed by atoms with Crippen LogP contribution in [0.5, 0.6) is 0 Å². The number of benzene rings is 3. The molecule has 0 radical (unpaired) electrons. The maximum atomic E-state index is 4.80. The van der Waals surface area contributed by atoms with Crippen molar-refractivity contribution in [1.29, 1.82) is 0 Å². The fourth-order valence-electron chi connectivity index (χ4n) is 2.84. The van der Waals surface area contributed by atoms with Crippen LogP contribution in [-0.2, 0) is 0 Å². The van der Waals surface area contributed by atoms with Crippen LogP contribution < -0.4 is 5.01 Å². The van der Waals surface area contributed by atoms with Gasteiger partial charge in [0.15, 0.2) is 0 Å². The molecular weight excluding hydrogens is 312 g/mol. The van der Waals surface area contributed by atoms with Crippen LogP contribution in [0, 0.1) is 6.92 Å². The average Bonchev–Trinajstić information content (AvgIpc) is 3.13. The number of hydrazone groups is 1. The predicted octanol–water partition coefficient (Wildman–Crippen LogP) is 5.53. The van der Waals surface area contributed by atoms with E-state index in [9.17, 15) is 0 Å². The van der Waals surface area contributed by atoms with Gasteiger partial charge in [0.25, 0.3) is 0 Å². The lowest BCUT2D eigenvalue weighted by atomic mass is 10.0. The number of hydrogen-bond acceptors (Lipinski definition) is 3. The van der Waals surface area contributed by atoms with Gasteiger partial charge in [0.2, 0.25) is 0 Å². The number of nitrogens with zero attached hydrogens (tertiary/aromatic N) is 2. The van der Waals surface area contributed by atoms with Crippen molar-refractivity contribution in [3.05, 3.63) is 90.0 Å². The third kappa shape index (κ3) is 2.95. The molecule has 0 fully saturated rings. The lowest BCUT2D eigenvalue weighted by Crippen LogP contribution is -2.11. The maximum absolute atomic E-state index is 4.80. The summed E-state index contributed by atoms with van der Waals surface area (Å²) in [6.07, 6.45) is 0. The summed E-state index contributed by atoms with van der Waals surface area (Å²) in [4.78, 5) is 0. The van der Waals surface area contributed by atoms with E-state index in [-0.39, 0.29) is 0 Å². The highest BCUT2D eigenvalue weighted by atomic mass is 32.2. The van der Waals surface area contributed by atoms with E-state index in [0.29, 0.717) is 0 Å². The Kier molecular flexibility index (Phi) is 4.09. The first-order valence-electron chi connectivity index (χ1n) is 8.02. The minimum absolute atomic E-state index is 0.862. The van der Waals surface area contributed by atoms with Crippen molar-refractivity contribution in [3.8, 4) is 11.1 Å². The minimum atomic E-state index is 0.862. The van der Waals surface area contributed by atoms with Crippen molar-refractivity contribution < 1.29 is 0 Å². The molecule has 0 aromatic heterocycles. The van der Waals surface area contributed by atoms with E-state index in [4.69, 9.17) is 5.10 Å². The second-order valence-corrected chi connectivity index (χ2v) is 6.74. The molecule has 24 heavy (non-hydrogen) atoms. The van der Waals surface area contributed by atoms with Gasteiger partial charge in [-0.2, -0.15) is 5.10 Å². The second kappa shape index (κ2) is 6.54. The van der Waals surface area contributed by atoms with Crippen LogP contribution in [0.15, 0.2) is 84.0 Å². The lowest BCUT2D eigenvalue weighted by Gasteiger charge is -2.14. The van der Waals surface area contributed by atoms with Gasteiger partial charge in [0, 0.05) is 5.56 Å². The highest BCUT2D eigenvalue weighted by molar-refractivity contribution is 8.14. The SMILES string of the molecule is Cc1ccccc1N1CSC(c2ccc(-c3ccccc3)cc2)=N1. The zero-order valence-corrected chi connectivity index (χ0v) is 14.3. The van der Waals surface area contributed by atoms with Crippen LogP contribution in [0.3, 0.4) is 0 Å². The van der Waals surface area contributed by atoms with E-state index in [1.807, 2.05) is 6.07 Å². The third-order valence-corrected chi connectivity index (χ3v) is 5.13. The zero-order chi connectivity index (χ0) is 16.4. The first-order chi connectivity index (χ1) is 11.8. The van der Waals surface area contributed by atoms with Crippen molar-refractivity contribution in [2.45, 2.75) is 6.92 Å². The average molecular weight is 330 g/mol. The van der Waals surface area contributed by atoms with Gasteiger partial charge in [-0.1, -0.05) is 84.6 Å². The van der Waals surface area contributed by atoms with Crippen molar-refractivity contribution in [1.82, 2.24) is 0 Å². The van der Waals surface area contributed by atoms with Gasteiger partial charge in [-0.05, 0) is 29.7 Å². The molecule has 0 aliphatic carbocycles.